The predicted octanol–water partition coefficient (Wildman–Crippen LogP) is 5.55. The van der Waals surface area contributed by atoms with Crippen LogP contribution in [0.4, 0.5) is 0 Å². The number of benzene rings is 3. The molecule has 3 aromatic carbocycles. The molecule has 1 N–H and O–H groups in total. The Morgan fingerprint density at radius 1 is 0.927 bits per heavy atom. The fourth-order valence-electron chi connectivity index (χ4n) is 5.24. The average molecular weight is 641 g/mol. The van der Waals surface area contributed by atoms with Crippen LogP contribution in [-0.2, 0) is 32.6 Å². The Morgan fingerprint density at radius 3 is 2.22 bits per heavy atom. The molecule has 1 atom stereocenters. The van der Waals surface area contributed by atoms with E-state index in [0.29, 0.717) is 12.8 Å². The maximum absolute atomic E-state index is 13.9. The van der Waals surface area contributed by atoms with Gasteiger partial charge in [0.1, 0.15) is 6.04 Å². The summed E-state index contributed by atoms with van der Waals surface area (Å²) in [7, 11) is -2.13. The van der Waals surface area contributed by atoms with Crippen LogP contribution in [0.2, 0.25) is 0 Å². The van der Waals surface area contributed by atoms with Gasteiger partial charge < -0.3 is 10.2 Å². The molecule has 1 aliphatic carbocycles. The van der Waals surface area contributed by atoms with Gasteiger partial charge in [0.25, 0.3) is 0 Å². The molecule has 3 aromatic rings. The van der Waals surface area contributed by atoms with E-state index in [0.717, 1.165) is 41.3 Å². The van der Waals surface area contributed by atoms with Crippen LogP contribution in [0, 0.1) is 0 Å². The number of hydrogen-bond donors (Lipinski definition) is 1. The lowest BCUT2D eigenvalue weighted by Gasteiger charge is -2.32. The second-order valence-electron chi connectivity index (χ2n) is 10.6. The molecular weight excluding hydrogens is 602 g/mol. The summed E-state index contributed by atoms with van der Waals surface area (Å²) in [4.78, 5) is 29.5. The quantitative estimate of drug-likeness (QED) is 0.266. The van der Waals surface area contributed by atoms with Crippen molar-refractivity contribution in [1.29, 1.82) is 0 Å². The Kier molecular flexibility index (Phi) is 11.1. The van der Waals surface area contributed by atoms with Gasteiger partial charge in [0.2, 0.25) is 21.8 Å². The maximum Gasteiger partial charge on any atom is 0.243 e. The highest BCUT2D eigenvalue weighted by atomic mass is 79.9. The van der Waals surface area contributed by atoms with Gasteiger partial charge in [-0.3, -0.25) is 9.59 Å². The van der Waals surface area contributed by atoms with Crippen molar-refractivity contribution in [3.05, 3.63) is 101 Å². The van der Waals surface area contributed by atoms with Crippen molar-refractivity contribution in [1.82, 2.24) is 14.5 Å². The van der Waals surface area contributed by atoms with Crippen LogP contribution in [0.15, 0.2) is 94.3 Å². The zero-order chi connectivity index (χ0) is 29.2. The third-order valence-corrected chi connectivity index (χ3v) is 9.89. The van der Waals surface area contributed by atoms with Crippen molar-refractivity contribution in [2.75, 3.05) is 13.6 Å². The number of nitrogens with zero attached hydrogens (tertiary/aromatic N) is 2. The second kappa shape index (κ2) is 14.8. The van der Waals surface area contributed by atoms with E-state index in [-0.39, 0.29) is 42.3 Å². The molecule has 2 amide bonds. The number of nitrogens with one attached hydrogen (secondary N) is 1. The minimum absolute atomic E-state index is 0.116. The third-order valence-electron chi connectivity index (χ3n) is 7.53. The van der Waals surface area contributed by atoms with Crippen LogP contribution in [0.3, 0.4) is 0 Å². The molecule has 0 radical (unpaired) electrons. The molecule has 1 saturated carbocycles. The Balaban J connectivity index is 1.54. The van der Waals surface area contributed by atoms with Gasteiger partial charge in [-0.2, -0.15) is 0 Å². The molecule has 1 fully saturated rings. The van der Waals surface area contributed by atoms with Gasteiger partial charge in [0, 0.05) is 43.5 Å². The van der Waals surface area contributed by atoms with E-state index < -0.39 is 16.1 Å². The fraction of sp³-hybridized carbons (Fsp3) is 0.375. The Morgan fingerprint density at radius 2 is 1.56 bits per heavy atom. The molecule has 0 saturated heterocycles. The van der Waals surface area contributed by atoms with Crippen LogP contribution >= 0.6 is 15.9 Å². The summed E-state index contributed by atoms with van der Waals surface area (Å²) in [6, 6.07) is 25.2. The van der Waals surface area contributed by atoms with Crippen molar-refractivity contribution in [3.8, 4) is 0 Å². The first-order valence-corrected chi connectivity index (χ1v) is 16.4. The summed E-state index contributed by atoms with van der Waals surface area (Å²) in [5.74, 6) is -0.328. The van der Waals surface area contributed by atoms with Gasteiger partial charge in [0.15, 0.2) is 0 Å². The van der Waals surface area contributed by atoms with Crippen molar-refractivity contribution >= 4 is 37.8 Å². The summed E-state index contributed by atoms with van der Waals surface area (Å²) < 4.78 is 28.1. The van der Waals surface area contributed by atoms with Gasteiger partial charge in [-0.25, -0.2) is 12.7 Å². The zero-order valence-corrected chi connectivity index (χ0v) is 25.8. The first-order chi connectivity index (χ1) is 19.7. The summed E-state index contributed by atoms with van der Waals surface area (Å²) in [5.41, 5.74) is 1.88. The lowest BCUT2D eigenvalue weighted by Crippen LogP contribution is -2.52. The largest absolute Gasteiger partial charge is 0.352 e. The zero-order valence-electron chi connectivity index (χ0n) is 23.4. The van der Waals surface area contributed by atoms with Crippen LogP contribution in [-0.4, -0.2) is 55.1 Å². The number of halogens is 1. The molecule has 0 spiro atoms. The number of rotatable bonds is 13. The van der Waals surface area contributed by atoms with E-state index in [1.54, 1.807) is 35.2 Å². The monoisotopic (exact) mass is 639 g/mol. The smallest absolute Gasteiger partial charge is 0.243 e. The minimum atomic E-state index is -3.66. The number of carbonyl (C=O) groups is 2. The Labute approximate surface area is 252 Å². The van der Waals surface area contributed by atoms with Crippen molar-refractivity contribution in [3.63, 3.8) is 0 Å². The maximum atomic E-state index is 13.9. The molecule has 4 rings (SSSR count). The van der Waals surface area contributed by atoms with E-state index in [4.69, 9.17) is 0 Å². The van der Waals surface area contributed by atoms with Crippen molar-refractivity contribution in [2.24, 2.45) is 0 Å². The topological polar surface area (TPSA) is 86.8 Å². The molecular formula is C32H38BrN3O4S. The highest BCUT2D eigenvalue weighted by Crippen LogP contribution is 2.22. The van der Waals surface area contributed by atoms with Crippen LogP contribution in [0.1, 0.15) is 49.7 Å². The molecule has 0 aliphatic heterocycles. The highest BCUT2D eigenvalue weighted by Gasteiger charge is 2.32. The number of sulfonamides is 1. The first-order valence-electron chi connectivity index (χ1n) is 14.1. The average Bonchev–Trinajstić information content (AvgIpc) is 3.48. The molecule has 1 aliphatic rings. The second-order valence-corrected chi connectivity index (χ2v) is 13.6. The van der Waals surface area contributed by atoms with E-state index in [1.807, 2.05) is 54.6 Å². The lowest BCUT2D eigenvalue weighted by molar-refractivity contribution is -0.141. The standard InChI is InChI=1S/C32H38BrN3O4S/c1-35(41(39,40)29-18-6-3-7-19-29)21-11-20-31(37)36(24-26-14-10-15-27(33)22-26)30(23-25-12-4-2-5-13-25)32(38)34-28-16-8-9-17-28/h2-7,10,12-15,18-19,22,28,30H,8-9,11,16-17,20-21,23-24H2,1H3,(H,34,38)/t30-/m1/s1. The van der Waals surface area contributed by atoms with Gasteiger partial charge in [0.05, 0.1) is 4.90 Å². The minimum Gasteiger partial charge on any atom is -0.352 e. The van der Waals surface area contributed by atoms with E-state index in [1.165, 1.54) is 11.4 Å². The van der Waals surface area contributed by atoms with Crippen molar-refractivity contribution in [2.45, 2.75) is 68.5 Å². The Bertz CT molecular complexity index is 1400. The van der Waals surface area contributed by atoms with Crippen LogP contribution < -0.4 is 5.32 Å². The molecule has 7 nitrogen and oxygen atoms in total. The van der Waals surface area contributed by atoms with Gasteiger partial charge in [-0.1, -0.05) is 89.4 Å². The molecule has 0 bridgehead atoms. The first kappa shape index (κ1) is 30.9. The van der Waals surface area contributed by atoms with Gasteiger partial charge in [-0.05, 0) is 54.7 Å². The summed E-state index contributed by atoms with van der Waals surface area (Å²) in [6.07, 6.45) is 4.92. The molecule has 0 aromatic heterocycles. The van der Waals surface area contributed by atoms with E-state index in [9.17, 15) is 18.0 Å². The van der Waals surface area contributed by atoms with Gasteiger partial charge in [-0.15, -0.1) is 0 Å². The van der Waals surface area contributed by atoms with Crippen LogP contribution in [0.25, 0.3) is 0 Å². The van der Waals surface area contributed by atoms with Crippen LogP contribution in [0.5, 0.6) is 0 Å². The predicted molar refractivity (Wildman–Crippen MR) is 165 cm³/mol. The number of carbonyl (C=O) groups excluding carboxylic acids is 2. The normalized spacial score (nSPS) is 14.6. The number of amides is 2. The summed E-state index contributed by atoms with van der Waals surface area (Å²) >= 11 is 3.52. The summed E-state index contributed by atoms with van der Waals surface area (Å²) in [6.45, 7) is 0.456. The Hall–Kier alpha value is -3.01. The van der Waals surface area contributed by atoms with E-state index in [2.05, 4.69) is 21.2 Å². The van der Waals surface area contributed by atoms with E-state index >= 15 is 0 Å². The molecule has 218 valence electrons. The van der Waals surface area contributed by atoms with Crippen molar-refractivity contribution < 1.29 is 18.0 Å². The lowest BCUT2D eigenvalue weighted by atomic mass is 10.0. The summed E-state index contributed by atoms with van der Waals surface area (Å²) in [5, 5.41) is 3.21. The fourth-order valence-corrected chi connectivity index (χ4v) is 6.92. The SMILES string of the molecule is CN(CCCC(=O)N(Cc1cccc(Br)c1)[C@H](Cc1ccccc1)C(=O)NC1CCCC1)S(=O)(=O)c1ccccc1. The third kappa shape index (κ3) is 8.74. The molecule has 0 unspecified atom stereocenters. The highest BCUT2D eigenvalue weighted by molar-refractivity contribution is 9.10. The number of hydrogen-bond acceptors (Lipinski definition) is 4. The molecule has 9 heteroatoms. The van der Waals surface area contributed by atoms with Gasteiger partial charge >= 0.3 is 0 Å². The molecule has 41 heavy (non-hydrogen) atoms. The molecule has 0 heterocycles.